The Morgan fingerprint density at radius 2 is 1.79 bits per heavy atom. The van der Waals surface area contributed by atoms with Crippen LogP contribution in [0.1, 0.15) is 40.3 Å². The predicted octanol–water partition coefficient (Wildman–Crippen LogP) is 2.11. The molecule has 2 aromatic rings. The number of ketones is 1. The highest BCUT2D eigenvalue weighted by molar-refractivity contribution is 5.98. The lowest BCUT2D eigenvalue weighted by molar-refractivity contribution is -0.129. The van der Waals surface area contributed by atoms with E-state index >= 15 is 0 Å². The molecule has 2 rings (SSSR count). The zero-order chi connectivity index (χ0) is 20.8. The molecule has 0 unspecified atom stereocenters. The van der Waals surface area contributed by atoms with Gasteiger partial charge < -0.3 is 24.1 Å². The first kappa shape index (κ1) is 21.0. The number of hydrogen-bond acceptors (Lipinski definition) is 6. The van der Waals surface area contributed by atoms with E-state index in [0.717, 1.165) is 5.56 Å². The number of ether oxygens (including phenoxy) is 3. The summed E-state index contributed by atoms with van der Waals surface area (Å²) in [6.07, 6.45) is 0.545. The third-order valence-corrected chi connectivity index (χ3v) is 4.19. The van der Waals surface area contributed by atoms with Crippen molar-refractivity contribution in [1.82, 2.24) is 9.88 Å². The second-order valence-corrected chi connectivity index (χ2v) is 6.24. The Morgan fingerprint density at radius 3 is 2.36 bits per heavy atom. The van der Waals surface area contributed by atoms with Gasteiger partial charge in [0.05, 0.1) is 14.2 Å². The molecule has 28 heavy (non-hydrogen) atoms. The van der Waals surface area contributed by atoms with E-state index in [9.17, 15) is 14.4 Å². The number of aryl methyl sites for hydroxylation is 1. The molecule has 1 atom stereocenters. The van der Waals surface area contributed by atoms with Gasteiger partial charge in [-0.3, -0.25) is 9.59 Å². The van der Waals surface area contributed by atoms with E-state index in [1.165, 1.54) is 31.6 Å². The van der Waals surface area contributed by atoms with Gasteiger partial charge in [-0.15, -0.1) is 0 Å². The van der Waals surface area contributed by atoms with Crippen LogP contribution in [-0.2, 0) is 23.1 Å². The number of aromatic nitrogens is 1. The van der Waals surface area contributed by atoms with Crippen LogP contribution in [0, 0.1) is 0 Å². The third-order valence-electron chi connectivity index (χ3n) is 4.19. The van der Waals surface area contributed by atoms with E-state index < -0.39 is 18.0 Å². The first-order chi connectivity index (χ1) is 13.3. The van der Waals surface area contributed by atoms with Crippen LogP contribution in [0.4, 0.5) is 0 Å². The fourth-order valence-corrected chi connectivity index (χ4v) is 2.56. The van der Waals surface area contributed by atoms with E-state index in [1.54, 1.807) is 38.6 Å². The van der Waals surface area contributed by atoms with Crippen molar-refractivity contribution >= 4 is 17.7 Å². The molecule has 0 aliphatic carbocycles. The van der Waals surface area contributed by atoms with Crippen LogP contribution in [0.5, 0.6) is 11.5 Å². The quantitative estimate of drug-likeness (QED) is 0.550. The first-order valence-corrected chi connectivity index (χ1v) is 8.63. The number of rotatable bonds is 8. The standard InChI is InChI=1S/C20H24N2O6/c1-12(23)15-9-16(22(3)11-15)20(25)28-13(2)19(24)21-10-14-6-7-17(26-4)18(8-14)27-5/h6-9,11,13H,10H2,1-5H3,(H,21,24)/t13-/m0/s1. The fourth-order valence-electron chi connectivity index (χ4n) is 2.56. The molecule has 0 aliphatic rings. The SMILES string of the molecule is COc1ccc(CNC(=O)[C@H](C)OC(=O)c2cc(C(C)=O)cn2C)cc1OC. The van der Waals surface area contributed by atoms with E-state index in [1.807, 2.05) is 0 Å². The normalized spacial score (nSPS) is 11.5. The van der Waals surface area contributed by atoms with E-state index in [4.69, 9.17) is 14.2 Å². The van der Waals surface area contributed by atoms with E-state index in [-0.39, 0.29) is 18.0 Å². The number of nitrogens with zero attached hydrogens (tertiary/aromatic N) is 1. The molecule has 8 heteroatoms. The van der Waals surface area contributed by atoms with Crippen molar-refractivity contribution < 1.29 is 28.6 Å². The van der Waals surface area contributed by atoms with Gasteiger partial charge in [0.2, 0.25) is 0 Å². The number of Topliss-reactive ketones (excluding diaryl/α,β-unsaturated/α-hetero) is 1. The number of esters is 1. The van der Waals surface area contributed by atoms with Gasteiger partial charge in [0.25, 0.3) is 5.91 Å². The second-order valence-electron chi connectivity index (χ2n) is 6.24. The molecule has 0 radical (unpaired) electrons. The molecule has 0 saturated heterocycles. The number of benzene rings is 1. The zero-order valence-corrected chi connectivity index (χ0v) is 16.6. The van der Waals surface area contributed by atoms with Crippen molar-refractivity contribution in [3.8, 4) is 11.5 Å². The van der Waals surface area contributed by atoms with Gasteiger partial charge in [-0.05, 0) is 37.6 Å². The molecule has 0 aliphatic heterocycles. The van der Waals surface area contributed by atoms with Gasteiger partial charge in [-0.25, -0.2) is 4.79 Å². The number of amides is 1. The summed E-state index contributed by atoms with van der Waals surface area (Å²) < 4.78 is 17.1. The van der Waals surface area contributed by atoms with Crippen molar-refractivity contribution in [1.29, 1.82) is 0 Å². The maximum absolute atomic E-state index is 12.3. The van der Waals surface area contributed by atoms with Crippen molar-refractivity contribution in [2.45, 2.75) is 26.5 Å². The van der Waals surface area contributed by atoms with Gasteiger partial charge in [0.1, 0.15) is 5.69 Å². The summed E-state index contributed by atoms with van der Waals surface area (Å²) in [5.74, 6) is -0.130. The van der Waals surface area contributed by atoms with Crippen LogP contribution < -0.4 is 14.8 Å². The second kappa shape index (κ2) is 9.07. The minimum atomic E-state index is -0.997. The van der Waals surface area contributed by atoms with E-state index in [2.05, 4.69) is 5.32 Å². The van der Waals surface area contributed by atoms with Gasteiger partial charge in [0.15, 0.2) is 23.4 Å². The monoisotopic (exact) mass is 388 g/mol. The summed E-state index contributed by atoms with van der Waals surface area (Å²) in [5, 5.41) is 2.71. The summed E-state index contributed by atoms with van der Waals surface area (Å²) >= 11 is 0. The van der Waals surface area contributed by atoms with Crippen LogP contribution in [0.25, 0.3) is 0 Å². The highest BCUT2D eigenvalue weighted by Crippen LogP contribution is 2.27. The maximum Gasteiger partial charge on any atom is 0.355 e. The van der Waals surface area contributed by atoms with Crippen LogP contribution in [0.3, 0.4) is 0 Å². The molecule has 0 bridgehead atoms. The largest absolute Gasteiger partial charge is 0.493 e. The van der Waals surface area contributed by atoms with Crippen molar-refractivity contribution in [3.63, 3.8) is 0 Å². The summed E-state index contributed by atoms with van der Waals surface area (Å²) in [6, 6.07) is 6.74. The number of carbonyl (C=O) groups is 3. The number of carbonyl (C=O) groups excluding carboxylic acids is 3. The number of hydrogen-bond donors (Lipinski definition) is 1. The van der Waals surface area contributed by atoms with Crippen LogP contribution >= 0.6 is 0 Å². The molecule has 0 saturated carbocycles. The summed E-state index contributed by atoms with van der Waals surface area (Å²) in [7, 11) is 4.70. The molecular formula is C20H24N2O6. The fraction of sp³-hybridized carbons (Fsp3) is 0.350. The average Bonchev–Trinajstić information content (AvgIpc) is 3.07. The van der Waals surface area contributed by atoms with Crippen LogP contribution in [0.2, 0.25) is 0 Å². The molecule has 1 N–H and O–H groups in total. The minimum absolute atomic E-state index is 0.157. The van der Waals surface area contributed by atoms with Gasteiger partial charge >= 0.3 is 5.97 Å². The highest BCUT2D eigenvalue weighted by Gasteiger charge is 2.21. The van der Waals surface area contributed by atoms with E-state index in [0.29, 0.717) is 17.1 Å². The first-order valence-electron chi connectivity index (χ1n) is 8.63. The Labute approximate surface area is 163 Å². The van der Waals surface area contributed by atoms with Gasteiger partial charge in [-0.1, -0.05) is 6.07 Å². The smallest absolute Gasteiger partial charge is 0.355 e. The van der Waals surface area contributed by atoms with Crippen LogP contribution in [0.15, 0.2) is 30.5 Å². The molecule has 150 valence electrons. The lowest BCUT2D eigenvalue weighted by atomic mass is 10.2. The van der Waals surface area contributed by atoms with Crippen molar-refractivity contribution in [2.75, 3.05) is 14.2 Å². The molecule has 1 aromatic carbocycles. The maximum atomic E-state index is 12.3. The summed E-state index contributed by atoms with van der Waals surface area (Å²) in [6.45, 7) is 3.13. The lowest BCUT2D eigenvalue weighted by Gasteiger charge is -2.14. The Bertz CT molecular complexity index is 887. The van der Waals surface area contributed by atoms with Gasteiger partial charge in [-0.2, -0.15) is 0 Å². The molecule has 0 fully saturated rings. The summed E-state index contributed by atoms with van der Waals surface area (Å²) in [4.78, 5) is 36.0. The molecule has 8 nitrogen and oxygen atoms in total. The Kier molecular flexibility index (Phi) is 6.81. The molecule has 1 amide bonds. The number of methoxy groups -OCH3 is 2. The number of nitrogens with one attached hydrogen (secondary N) is 1. The zero-order valence-electron chi connectivity index (χ0n) is 16.6. The topological polar surface area (TPSA) is 95.9 Å². The minimum Gasteiger partial charge on any atom is -0.493 e. The average molecular weight is 388 g/mol. The lowest BCUT2D eigenvalue weighted by Crippen LogP contribution is -2.35. The molecule has 1 aromatic heterocycles. The van der Waals surface area contributed by atoms with Crippen LogP contribution in [-0.4, -0.2) is 42.6 Å². The summed E-state index contributed by atoms with van der Waals surface area (Å²) in [5.41, 5.74) is 1.41. The highest BCUT2D eigenvalue weighted by atomic mass is 16.5. The predicted molar refractivity (Wildman–Crippen MR) is 102 cm³/mol. The Morgan fingerprint density at radius 1 is 1.11 bits per heavy atom. The van der Waals surface area contributed by atoms with Crippen molar-refractivity contribution in [2.24, 2.45) is 7.05 Å². The molecular weight excluding hydrogens is 364 g/mol. The molecule has 0 spiro atoms. The van der Waals surface area contributed by atoms with Crippen molar-refractivity contribution in [3.05, 3.63) is 47.3 Å². The Hall–Kier alpha value is -3.29. The Balaban J connectivity index is 1.96. The molecule has 1 heterocycles. The van der Waals surface area contributed by atoms with Gasteiger partial charge in [0, 0.05) is 25.4 Å². The third kappa shape index (κ3) is 4.91.